The van der Waals surface area contributed by atoms with E-state index in [2.05, 4.69) is 17.6 Å². The Morgan fingerprint density at radius 2 is 1.76 bits per heavy atom. The Morgan fingerprint density at radius 1 is 1.17 bits per heavy atom. The molecule has 1 atom stereocenters. The summed E-state index contributed by atoms with van der Waals surface area (Å²) in [7, 11) is -0.510. The Kier molecular flexibility index (Phi) is 5.51. The normalized spacial score (nSPS) is 31.8. The molecule has 0 aromatic heterocycles. The van der Waals surface area contributed by atoms with Crippen LogP contribution in [0.5, 0.6) is 0 Å². The van der Waals surface area contributed by atoms with Gasteiger partial charge in [0.15, 0.2) is 6.54 Å². The largest absolute Gasteiger partial charge is 0.336 e. The van der Waals surface area contributed by atoms with Gasteiger partial charge in [0.2, 0.25) is 10.0 Å². The molecule has 0 aliphatic heterocycles. The Balaban J connectivity index is 1.35. The summed E-state index contributed by atoms with van der Waals surface area (Å²) in [6.07, 6.45) is 8.30. The molecule has 3 N–H and O–H groups in total. The predicted molar refractivity (Wildman–Crippen MR) is 113 cm³/mol. The van der Waals surface area contributed by atoms with Gasteiger partial charge in [-0.3, -0.25) is 4.79 Å². The minimum atomic E-state index is -3.51. The molecule has 0 unspecified atom stereocenters. The van der Waals surface area contributed by atoms with Gasteiger partial charge in [-0.2, -0.15) is 0 Å². The van der Waals surface area contributed by atoms with Crippen molar-refractivity contribution in [3.8, 4) is 0 Å². The number of carbonyl (C=O) groups is 1. The summed E-state index contributed by atoms with van der Waals surface area (Å²) in [5, 5.41) is 5.07. The van der Waals surface area contributed by atoms with Crippen LogP contribution in [0.1, 0.15) is 45.4 Å². The number of hydrogen-bond donors (Lipinski definition) is 2. The smallest absolute Gasteiger partial charge is 0.279 e. The van der Waals surface area contributed by atoms with E-state index in [9.17, 15) is 13.2 Å². The molecule has 6 nitrogen and oxygen atoms in total. The van der Waals surface area contributed by atoms with Crippen molar-refractivity contribution in [3.63, 3.8) is 0 Å². The molecular formula is C22H34N3O3S+. The Hall–Kier alpha value is -1.44. The van der Waals surface area contributed by atoms with Crippen molar-refractivity contribution in [2.45, 2.75) is 56.4 Å². The quantitative estimate of drug-likeness (QED) is 0.708. The third-order valence-corrected chi connectivity index (χ3v) is 9.42. The molecule has 1 aromatic carbocycles. The third kappa shape index (κ3) is 4.09. The second-order valence-corrected chi connectivity index (χ2v) is 12.0. The molecule has 7 heteroatoms. The topological polar surface area (TPSA) is 83.1 Å². The zero-order valence-corrected chi connectivity index (χ0v) is 18.5. The number of nitrogens with zero attached hydrogens (tertiary/aromatic N) is 1. The van der Waals surface area contributed by atoms with E-state index in [0.29, 0.717) is 23.7 Å². The van der Waals surface area contributed by atoms with E-state index in [1.54, 1.807) is 18.2 Å². The van der Waals surface area contributed by atoms with Gasteiger partial charge in [0, 0.05) is 25.2 Å². The van der Waals surface area contributed by atoms with Crippen molar-refractivity contribution in [1.82, 2.24) is 4.31 Å². The summed E-state index contributed by atoms with van der Waals surface area (Å²) in [4.78, 5) is 12.7. The minimum Gasteiger partial charge on any atom is -0.336 e. The van der Waals surface area contributed by atoms with Gasteiger partial charge in [-0.25, -0.2) is 12.7 Å². The number of sulfonamides is 1. The molecule has 1 amide bonds. The molecule has 1 aromatic rings. The van der Waals surface area contributed by atoms with Crippen molar-refractivity contribution >= 4 is 21.6 Å². The van der Waals surface area contributed by atoms with E-state index in [1.165, 1.54) is 63.0 Å². The van der Waals surface area contributed by atoms with Gasteiger partial charge in [-0.05, 0) is 81.4 Å². The molecule has 4 aliphatic rings. The summed E-state index contributed by atoms with van der Waals surface area (Å²) in [5.41, 5.74) is 0.933. The van der Waals surface area contributed by atoms with Gasteiger partial charge in [0.1, 0.15) is 0 Å². The van der Waals surface area contributed by atoms with E-state index in [0.717, 1.165) is 17.8 Å². The highest BCUT2D eigenvalue weighted by Gasteiger charge is 2.54. The van der Waals surface area contributed by atoms with Gasteiger partial charge in [0.05, 0.1) is 10.9 Å². The summed E-state index contributed by atoms with van der Waals surface area (Å²) >= 11 is 0. The van der Waals surface area contributed by atoms with E-state index in [-0.39, 0.29) is 10.8 Å². The first-order valence-corrected chi connectivity index (χ1v) is 12.3. The molecule has 4 fully saturated rings. The van der Waals surface area contributed by atoms with Crippen molar-refractivity contribution in [3.05, 3.63) is 24.3 Å². The molecular weight excluding hydrogens is 386 g/mol. The van der Waals surface area contributed by atoms with Crippen molar-refractivity contribution < 1.29 is 18.5 Å². The number of benzene rings is 1. The van der Waals surface area contributed by atoms with Crippen LogP contribution in [-0.4, -0.2) is 45.3 Å². The average Bonchev–Trinajstić information content (AvgIpc) is 2.65. The zero-order chi connectivity index (χ0) is 20.8. The van der Waals surface area contributed by atoms with E-state index in [4.69, 9.17) is 0 Å². The lowest BCUT2D eigenvalue weighted by molar-refractivity contribution is -0.692. The maximum Gasteiger partial charge on any atom is 0.279 e. The molecule has 0 saturated heterocycles. The standard InChI is InChI=1S/C22H33N3O3S/c1-15(22-11-16-7-17(12-22)9-18(8-16)13-22)23-14-21(26)24-19-5-4-6-20(10-19)29(27,28)25(2)3/h4-6,10,15-18,23H,7-9,11-14H2,1-3H3,(H,24,26)/p+1/t15-,16?,17?,18?,22?/m1/s1. The lowest BCUT2D eigenvalue weighted by Crippen LogP contribution is -2.94. The number of quaternary nitrogens is 1. The summed E-state index contributed by atoms with van der Waals surface area (Å²) in [5.74, 6) is 2.65. The Labute approximate surface area is 174 Å². The average molecular weight is 421 g/mol. The molecule has 0 spiro atoms. The third-order valence-electron chi connectivity index (χ3n) is 7.60. The SMILES string of the molecule is C[C@@H]([NH2+]CC(=O)Nc1cccc(S(=O)(=O)N(C)C)c1)C12CC3CC(CC(C3)C1)C2. The van der Waals surface area contributed by atoms with Gasteiger partial charge >= 0.3 is 0 Å². The van der Waals surface area contributed by atoms with Crippen LogP contribution in [0.15, 0.2) is 29.2 Å². The molecule has 4 saturated carbocycles. The highest BCUT2D eigenvalue weighted by Crippen LogP contribution is 2.60. The minimum absolute atomic E-state index is 0.0824. The monoisotopic (exact) mass is 420 g/mol. The van der Waals surface area contributed by atoms with Crippen LogP contribution in [0.3, 0.4) is 0 Å². The number of hydrogen-bond acceptors (Lipinski definition) is 3. The van der Waals surface area contributed by atoms with Gasteiger partial charge in [-0.1, -0.05) is 6.07 Å². The summed E-state index contributed by atoms with van der Waals surface area (Å²) < 4.78 is 25.8. The number of carbonyl (C=O) groups excluding carboxylic acids is 1. The van der Waals surface area contributed by atoms with Crippen LogP contribution in [0, 0.1) is 23.2 Å². The molecule has 0 heterocycles. The molecule has 4 bridgehead atoms. The highest BCUT2D eigenvalue weighted by atomic mass is 32.2. The van der Waals surface area contributed by atoms with E-state index < -0.39 is 10.0 Å². The predicted octanol–water partition coefficient (Wildman–Crippen LogP) is 2.04. The number of nitrogens with one attached hydrogen (secondary N) is 1. The fraction of sp³-hybridized carbons (Fsp3) is 0.682. The first-order valence-electron chi connectivity index (χ1n) is 10.8. The number of amides is 1. The number of rotatable bonds is 7. The van der Waals surface area contributed by atoms with Crippen molar-refractivity contribution in [1.29, 1.82) is 0 Å². The molecule has 5 rings (SSSR count). The molecule has 4 aliphatic carbocycles. The first kappa shape index (κ1) is 20.8. The lowest BCUT2D eigenvalue weighted by atomic mass is 9.48. The fourth-order valence-corrected chi connectivity index (χ4v) is 7.37. The van der Waals surface area contributed by atoms with E-state index >= 15 is 0 Å². The van der Waals surface area contributed by atoms with Crippen molar-refractivity contribution in [2.75, 3.05) is 26.0 Å². The van der Waals surface area contributed by atoms with E-state index in [1.807, 2.05) is 0 Å². The molecule has 29 heavy (non-hydrogen) atoms. The first-order chi connectivity index (χ1) is 13.7. The number of nitrogens with two attached hydrogens (primary N) is 1. The highest BCUT2D eigenvalue weighted by molar-refractivity contribution is 7.89. The zero-order valence-electron chi connectivity index (χ0n) is 17.7. The van der Waals surface area contributed by atoms with Crippen LogP contribution in [0.4, 0.5) is 5.69 Å². The lowest BCUT2D eigenvalue weighted by Gasteiger charge is -2.57. The van der Waals surface area contributed by atoms with Crippen LogP contribution >= 0.6 is 0 Å². The molecule has 160 valence electrons. The van der Waals surface area contributed by atoms with Gasteiger partial charge < -0.3 is 10.6 Å². The maximum atomic E-state index is 12.5. The van der Waals surface area contributed by atoms with Gasteiger partial charge in [0.25, 0.3) is 5.91 Å². The molecule has 0 radical (unpaired) electrons. The number of anilines is 1. The fourth-order valence-electron chi connectivity index (χ4n) is 6.43. The van der Waals surface area contributed by atoms with Crippen LogP contribution in [-0.2, 0) is 14.8 Å². The maximum absolute atomic E-state index is 12.5. The van der Waals surface area contributed by atoms with Gasteiger partial charge in [-0.15, -0.1) is 0 Å². The second kappa shape index (κ2) is 7.67. The summed E-state index contributed by atoms with van der Waals surface area (Å²) in [6, 6.07) is 6.91. The van der Waals surface area contributed by atoms with Crippen molar-refractivity contribution in [2.24, 2.45) is 23.2 Å². The van der Waals surface area contributed by atoms with Crippen LogP contribution < -0.4 is 10.6 Å². The summed E-state index contributed by atoms with van der Waals surface area (Å²) in [6.45, 7) is 2.66. The second-order valence-electron chi connectivity index (χ2n) is 9.87. The van der Waals surface area contributed by atoms with Crippen LogP contribution in [0.25, 0.3) is 0 Å². The Morgan fingerprint density at radius 3 is 2.31 bits per heavy atom. The van der Waals surface area contributed by atoms with Crippen LogP contribution in [0.2, 0.25) is 0 Å². The Bertz CT molecular complexity index is 846.